The zero-order valence-corrected chi connectivity index (χ0v) is 23.2. The summed E-state index contributed by atoms with van der Waals surface area (Å²) in [5.74, 6) is 0. The van der Waals surface area contributed by atoms with Crippen molar-refractivity contribution < 1.29 is 14.7 Å². The molecule has 11 nitrogen and oxygen atoms in total. The van der Waals surface area contributed by atoms with E-state index in [-0.39, 0.29) is 17.7 Å². The minimum Gasteiger partial charge on any atom is -0.464 e. The van der Waals surface area contributed by atoms with Gasteiger partial charge in [0.2, 0.25) is 0 Å². The normalized spacial score (nSPS) is 16.3. The van der Waals surface area contributed by atoms with E-state index in [1.54, 1.807) is 26.5 Å². The van der Waals surface area contributed by atoms with E-state index in [9.17, 15) is 14.7 Å². The van der Waals surface area contributed by atoms with Crippen LogP contribution in [-0.2, 0) is 0 Å². The molecule has 0 bridgehead atoms. The van der Waals surface area contributed by atoms with E-state index >= 15 is 0 Å². The van der Waals surface area contributed by atoms with Crippen LogP contribution in [0.3, 0.4) is 0 Å². The van der Waals surface area contributed by atoms with Crippen LogP contribution in [0.4, 0.5) is 15.3 Å². The third kappa shape index (κ3) is 4.85. The predicted octanol–water partition coefficient (Wildman–Crippen LogP) is 4.63. The topological polar surface area (TPSA) is 113 Å². The van der Waals surface area contributed by atoms with Gasteiger partial charge in [-0.1, -0.05) is 0 Å². The molecule has 1 aromatic carbocycles. The lowest BCUT2D eigenvalue weighted by Gasteiger charge is -2.27. The van der Waals surface area contributed by atoms with E-state index in [2.05, 4.69) is 66.0 Å². The monoisotopic (exact) mass is 530 g/mol. The van der Waals surface area contributed by atoms with Gasteiger partial charge in [-0.05, 0) is 64.5 Å². The maximum atomic E-state index is 12.4. The van der Waals surface area contributed by atoms with Crippen molar-refractivity contribution in [2.45, 2.75) is 38.8 Å². The Balaban J connectivity index is 1.66. The number of carbonyl (C=O) groups is 2. The largest absolute Gasteiger partial charge is 0.464 e. The Labute approximate surface area is 227 Å². The van der Waals surface area contributed by atoms with Crippen LogP contribution in [0.25, 0.3) is 33.5 Å². The highest BCUT2D eigenvalue weighted by atomic mass is 16.4. The second-order valence-electron chi connectivity index (χ2n) is 10.6. The first-order chi connectivity index (χ1) is 18.5. The third-order valence-electron chi connectivity index (χ3n) is 7.55. The molecule has 11 heteroatoms. The second-order valence-corrected chi connectivity index (χ2v) is 10.6. The average molecular weight is 531 g/mol. The van der Waals surface area contributed by atoms with Gasteiger partial charge in [0.1, 0.15) is 5.52 Å². The molecule has 1 amide bonds. The number of aromatic nitrogens is 5. The molecule has 3 aromatic heterocycles. The highest BCUT2D eigenvalue weighted by Crippen LogP contribution is 2.35. The molecule has 0 saturated carbocycles. The zero-order valence-electron chi connectivity index (χ0n) is 23.2. The van der Waals surface area contributed by atoms with E-state index in [1.165, 1.54) is 27.5 Å². The fourth-order valence-corrected chi connectivity index (χ4v) is 5.06. The van der Waals surface area contributed by atoms with Crippen molar-refractivity contribution in [1.82, 2.24) is 34.1 Å². The number of anilines is 1. The van der Waals surface area contributed by atoms with E-state index in [0.29, 0.717) is 28.4 Å². The Hall–Kier alpha value is -4.25. The lowest BCUT2D eigenvalue weighted by atomic mass is 10.0. The van der Waals surface area contributed by atoms with Crippen molar-refractivity contribution in [3.63, 3.8) is 0 Å². The number of amides is 1. The lowest BCUT2D eigenvalue weighted by molar-refractivity contribution is 0.197. The lowest BCUT2D eigenvalue weighted by Crippen LogP contribution is -2.27. The van der Waals surface area contributed by atoms with Crippen molar-refractivity contribution in [3.8, 4) is 22.4 Å². The van der Waals surface area contributed by atoms with Crippen LogP contribution in [0.2, 0.25) is 0 Å². The number of rotatable bonds is 5. The van der Waals surface area contributed by atoms with E-state index in [4.69, 9.17) is 4.98 Å². The smallest absolute Gasteiger partial charge is 0.417 e. The summed E-state index contributed by atoms with van der Waals surface area (Å²) >= 11 is 0. The molecule has 1 aliphatic heterocycles. The van der Waals surface area contributed by atoms with Crippen LogP contribution in [-0.4, -0.2) is 92.1 Å². The van der Waals surface area contributed by atoms with Gasteiger partial charge in [0, 0.05) is 67.5 Å². The van der Waals surface area contributed by atoms with Gasteiger partial charge in [0.25, 0.3) is 0 Å². The Morgan fingerprint density at radius 1 is 1.08 bits per heavy atom. The van der Waals surface area contributed by atoms with Crippen LogP contribution >= 0.6 is 0 Å². The van der Waals surface area contributed by atoms with Gasteiger partial charge in [0.15, 0.2) is 5.65 Å². The maximum Gasteiger partial charge on any atom is 0.417 e. The molecule has 1 saturated heterocycles. The molecule has 4 aromatic rings. The van der Waals surface area contributed by atoms with E-state index in [0.717, 1.165) is 35.2 Å². The molecule has 1 N–H and O–H groups in total. The molecule has 4 heterocycles. The van der Waals surface area contributed by atoms with Crippen LogP contribution in [0.1, 0.15) is 38.3 Å². The standard InChI is InChI=1S/C28H34N8O3/c1-17-8-7-9-34(17)22-11-19(18(2)32(3)4)10-20(12-22)24-14-29-26-25(31-24)23(16-35(26)28(38)39)21-13-30-36(15-21)27(37)33(5)6/h10-18H,7-9H2,1-6H3,(H,38,39)/t17-,18?/m1/s1. The Kier molecular flexibility index (Phi) is 6.85. The van der Waals surface area contributed by atoms with Gasteiger partial charge in [-0.3, -0.25) is 0 Å². The van der Waals surface area contributed by atoms with Gasteiger partial charge in [-0.25, -0.2) is 24.1 Å². The van der Waals surface area contributed by atoms with Crippen molar-refractivity contribution in [1.29, 1.82) is 0 Å². The number of benzene rings is 1. The number of hydrogen-bond acceptors (Lipinski definition) is 7. The molecule has 0 spiro atoms. The Bertz CT molecular complexity index is 1550. The van der Waals surface area contributed by atoms with Crippen LogP contribution in [0, 0.1) is 0 Å². The fraction of sp³-hybridized carbons (Fsp3) is 0.393. The van der Waals surface area contributed by atoms with Crippen molar-refractivity contribution in [2.24, 2.45) is 0 Å². The summed E-state index contributed by atoms with van der Waals surface area (Å²) < 4.78 is 2.26. The number of fused-ring (bicyclic) bond motifs is 1. The second kappa shape index (κ2) is 10.1. The summed E-state index contributed by atoms with van der Waals surface area (Å²) in [5, 5.41) is 14.0. The van der Waals surface area contributed by atoms with Crippen molar-refractivity contribution in [2.75, 3.05) is 39.6 Å². The minimum atomic E-state index is -1.17. The molecule has 204 valence electrons. The van der Waals surface area contributed by atoms with Gasteiger partial charge >= 0.3 is 12.1 Å². The van der Waals surface area contributed by atoms with Crippen LogP contribution < -0.4 is 4.90 Å². The fourth-order valence-electron chi connectivity index (χ4n) is 5.06. The molecule has 39 heavy (non-hydrogen) atoms. The Morgan fingerprint density at radius 2 is 1.85 bits per heavy atom. The first-order valence-electron chi connectivity index (χ1n) is 13.0. The first kappa shape index (κ1) is 26.4. The summed E-state index contributed by atoms with van der Waals surface area (Å²) in [6.45, 7) is 5.43. The molecule has 1 aliphatic rings. The van der Waals surface area contributed by atoms with Crippen LogP contribution in [0.5, 0.6) is 0 Å². The molecule has 2 atom stereocenters. The predicted molar refractivity (Wildman–Crippen MR) is 150 cm³/mol. The molecule has 0 aliphatic carbocycles. The average Bonchev–Trinajstić information content (AvgIpc) is 3.65. The third-order valence-corrected chi connectivity index (χ3v) is 7.55. The maximum absolute atomic E-state index is 12.4. The first-order valence-corrected chi connectivity index (χ1v) is 13.0. The van der Waals surface area contributed by atoms with Gasteiger partial charge in [-0.2, -0.15) is 9.78 Å². The molecule has 5 rings (SSSR count). The summed E-state index contributed by atoms with van der Waals surface area (Å²) in [6, 6.07) is 6.85. The molecule has 1 unspecified atom stereocenters. The molecule has 0 radical (unpaired) electrons. The van der Waals surface area contributed by atoms with Gasteiger partial charge in [0.05, 0.1) is 18.1 Å². The summed E-state index contributed by atoms with van der Waals surface area (Å²) in [6.07, 6.45) is 7.35. The highest BCUT2D eigenvalue weighted by molar-refractivity contribution is 5.96. The van der Waals surface area contributed by atoms with Gasteiger partial charge in [-0.15, -0.1) is 0 Å². The molecule has 1 fully saturated rings. The number of hydrogen-bond donors (Lipinski definition) is 1. The van der Waals surface area contributed by atoms with Crippen LogP contribution in [0.15, 0.2) is 43.0 Å². The Morgan fingerprint density at radius 3 is 2.49 bits per heavy atom. The molecular formula is C28H34N8O3. The van der Waals surface area contributed by atoms with E-state index < -0.39 is 6.09 Å². The SMILES string of the molecule is CC(c1cc(-c2cnc3c(n2)c(-c2cnn(C(=O)N(C)C)c2)cn3C(=O)O)cc(N2CCC[C@H]2C)c1)N(C)C. The molecular weight excluding hydrogens is 496 g/mol. The van der Waals surface area contributed by atoms with Crippen molar-refractivity contribution >= 4 is 29.0 Å². The summed E-state index contributed by atoms with van der Waals surface area (Å²) in [5.41, 5.74) is 5.62. The number of carboxylic acid groups (broad SMARTS) is 1. The zero-order chi connectivity index (χ0) is 28.0. The summed E-state index contributed by atoms with van der Waals surface area (Å²) in [7, 11) is 7.40. The van der Waals surface area contributed by atoms with Crippen molar-refractivity contribution in [3.05, 3.63) is 48.5 Å². The number of nitrogens with zero attached hydrogens (tertiary/aromatic N) is 8. The quantitative estimate of drug-likeness (QED) is 0.398. The number of carbonyl (C=O) groups excluding carboxylic acids is 1. The minimum absolute atomic E-state index is 0.182. The summed E-state index contributed by atoms with van der Waals surface area (Å²) in [4.78, 5) is 39.9. The van der Waals surface area contributed by atoms with E-state index in [1.807, 2.05) is 0 Å². The highest BCUT2D eigenvalue weighted by Gasteiger charge is 2.24. The van der Waals surface area contributed by atoms with Gasteiger partial charge < -0.3 is 19.8 Å².